The molecule has 0 atom stereocenters. The second kappa shape index (κ2) is 14.3. The summed E-state index contributed by atoms with van der Waals surface area (Å²) in [5.74, 6) is 0.652. The molecule has 0 aliphatic carbocycles. The van der Waals surface area contributed by atoms with Gasteiger partial charge in [-0.15, -0.1) is 0 Å². The van der Waals surface area contributed by atoms with Crippen molar-refractivity contribution in [3.63, 3.8) is 0 Å². The Morgan fingerprint density at radius 1 is 0.902 bits per heavy atom. The number of urea groups is 1. The fraction of sp³-hybridized carbons (Fsp3) is 0.333. The van der Waals surface area contributed by atoms with Crippen molar-refractivity contribution >= 4 is 57.9 Å². The SMILES string of the molecule is COc1ccccc1N1CCN(c2ccc(NC(=O)Nc3cccc(Cl)c3Cl)cc2C(=O)NCCCN(C)C)CC1. The van der Waals surface area contributed by atoms with E-state index < -0.39 is 6.03 Å². The highest BCUT2D eigenvalue weighted by Crippen LogP contribution is 2.32. The van der Waals surface area contributed by atoms with Crippen molar-refractivity contribution in [1.82, 2.24) is 10.2 Å². The van der Waals surface area contributed by atoms with E-state index in [4.69, 9.17) is 27.9 Å². The Morgan fingerprint density at radius 3 is 2.32 bits per heavy atom. The molecule has 1 aliphatic rings. The van der Waals surface area contributed by atoms with E-state index in [1.807, 2.05) is 38.4 Å². The maximum Gasteiger partial charge on any atom is 0.323 e. The summed E-state index contributed by atoms with van der Waals surface area (Å²) >= 11 is 12.3. The van der Waals surface area contributed by atoms with Crippen LogP contribution in [0.3, 0.4) is 0 Å². The zero-order chi connectivity index (χ0) is 29.4. The van der Waals surface area contributed by atoms with Gasteiger partial charge in [0, 0.05) is 44.1 Å². The molecule has 9 nitrogen and oxygen atoms in total. The van der Waals surface area contributed by atoms with E-state index in [-0.39, 0.29) is 10.9 Å². The summed E-state index contributed by atoms with van der Waals surface area (Å²) in [4.78, 5) is 32.7. The molecular weight excluding hydrogens is 563 g/mol. The van der Waals surface area contributed by atoms with Crippen LogP contribution >= 0.6 is 23.2 Å². The third-order valence-electron chi connectivity index (χ3n) is 6.81. The lowest BCUT2D eigenvalue weighted by atomic mass is 10.1. The summed E-state index contributed by atoms with van der Waals surface area (Å²) in [6.45, 7) is 4.40. The molecule has 41 heavy (non-hydrogen) atoms. The van der Waals surface area contributed by atoms with Crippen molar-refractivity contribution in [3.05, 3.63) is 76.3 Å². The number of anilines is 4. The first kappa shape index (κ1) is 30.3. The molecule has 218 valence electrons. The zero-order valence-corrected chi connectivity index (χ0v) is 25.1. The van der Waals surface area contributed by atoms with Gasteiger partial charge in [-0.1, -0.05) is 41.4 Å². The quantitative estimate of drug-likeness (QED) is 0.261. The molecule has 3 N–H and O–H groups in total. The molecule has 0 bridgehead atoms. The lowest BCUT2D eigenvalue weighted by molar-refractivity contribution is 0.0952. The Hall–Kier alpha value is -3.66. The van der Waals surface area contributed by atoms with Gasteiger partial charge in [0.15, 0.2) is 0 Å². The van der Waals surface area contributed by atoms with E-state index in [1.165, 1.54) is 0 Å². The van der Waals surface area contributed by atoms with Crippen LogP contribution in [0.25, 0.3) is 0 Å². The van der Waals surface area contributed by atoms with Crippen LogP contribution in [0.1, 0.15) is 16.8 Å². The minimum atomic E-state index is -0.496. The second-order valence-electron chi connectivity index (χ2n) is 9.97. The molecule has 3 amide bonds. The van der Waals surface area contributed by atoms with Crippen molar-refractivity contribution < 1.29 is 14.3 Å². The highest BCUT2D eigenvalue weighted by Gasteiger charge is 2.24. The summed E-state index contributed by atoms with van der Waals surface area (Å²) in [6, 6.07) is 17.9. The molecule has 1 saturated heterocycles. The van der Waals surface area contributed by atoms with Gasteiger partial charge in [-0.3, -0.25) is 4.79 Å². The molecule has 1 aliphatic heterocycles. The maximum absolute atomic E-state index is 13.4. The van der Waals surface area contributed by atoms with Gasteiger partial charge in [-0.2, -0.15) is 0 Å². The largest absolute Gasteiger partial charge is 0.495 e. The van der Waals surface area contributed by atoms with Crippen LogP contribution < -0.4 is 30.5 Å². The van der Waals surface area contributed by atoms with Gasteiger partial charge in [0.1, 0.15) is 5.75 Å². The fourth-order valence-corrected chi connectivity index (χ4v) is 5.08. The Bertz CT molecular complexity index is 1360. The molecule has 1 fully saturated rings. The van der Waals surface area contributed by atoms with Gasteiger partial charge < -0.3 is 35.4 Å². The lowest BCUT2D eigenvalue weighted by Crippen LogP contribution is -2.47. The maximum atomic E-state index is 13.4. The smallest absolute Gasteiger partial charge is 0.323 e. The van der Waals surface area contributed by atoms with Gasteiger partial charge in [0.25, 0.3) is 5.91 Å². The first-order chi connectivity index (χ1) is 19.8. The average molecular weight is 600 g/mol. The Kier molecular flexibility index (Phi) is 10.6. The highest BCUT2D eigenvalue weighted by molar-refractivity contribution is 6.44. The Labute approximate surface area is 251 Å². The Balaban J connectivity index is 1.50. The molecular formula is C30H36Cl2N6O3. The average Bonchev–Trinajstić information content (AvgIpc) is 2.97. The first-order valence-corrected chi connectivity index (χ1v) is 14.2. The number of hydrogen-bond donors (Lipinski definition) is 3. The summed E-state index contributed by atoms with van der Waals surface area (Å²) in [7, 11) is 5.68. The molecule has 0 spiro atoms. The van der Waals surface area contributed by atoms with E-state index >= 15 is 0 Å². The molecule has 11 heteroatoms. The number of rotatable bonds is 10. The van der Waals surface area contributed by atoms with E-state index in [0.29, 0.717) is 28.5 Å². The van der Waals surface area contributed by atoms with Crippen LogP contribution in [0.15, 0.2) is 60.7 Å². The summed E-state index contributed by atoms with van der Waals surface area (Å²) in [5, 5.41) is 9.15. The van der Waals surface area contributed by atoms with E-state index in [0.717, 1.165) is 56.3 Å². The van der Waals surface area contributed by atoms with Crippen molar-refractivity contribution in [1.29, 1.82) is 0 Å². The Morgan fingerprint density at radius 2 is 1.61 bits per heavy atom. The number of nitrogens with zero attached hydrogens (tertiary/aromatic N) is 3. The number of carbonyl (C=O) groups excluding carboxylic acids is 2. The van der Waals surface area contributed by atoms with E-state index in [2.05, 4.69) is 36.7 Å². The van der Waals surface area contributed by atoms with Crippen LogP contribution in [0.4, 0.5) is 27.5 Å². The molecule has 0 radical (unpaired) electrons. The minimum Gasteiger partial charge on any atom is -0.495 e. The molecule has 3 aromatic carbocycles. The number of ether oxygens (including phenoxy) is 1. The molecule has 0 aromatic heterocycles. The third kappa shape index (κ3) is 7.97. The van der Waals surface area contributed by atoms with Gasteiger partial charge in [0.2, 0.25) is 0 Å². The van der Waals surface area contributed by atoms with Crippen LogP contribution in [0.5, 0.6) is 5.75 Å². The minimum absolute atomic E-state index is 0.187. The number of halogens is 2. The summed E-state index contributed by atoms with van der Waals surface area (Å²) in [6.07, 6.45) is 0.826. The number of methoxy groups -OCH3 is 1. The second-order valence-corrected chi connectivity index (χ2v) is 10.8. The van der Waals surface area contributed by atoms with E-state index in [9.17, 15) is 9.59 Å². The van der Waals surface area contributed by atoms with Gasteiger partial charge in [0.05, 0.1) is 34.1 Å². The molecule has 0 saturated carbocycles. The van der Waals surface area contributed by atoms with Crippen LogP contribution in [0.2, 0.25) is 10.0 Å². The van der Waals surface area contributed by atoms with Crippen LogP contribution in [-0.2, 0) is 0 Å². The highest BCUT2D eigenvalue weighted by atomic mass is 35.5. The molecule has 1 heterocycles. The normalized spacial score (nSPS) is 13.2. The fourth-order valence-electron chi connectivity index (χ4n) is 4.73. The molecule has 3 aromatic rings. The predicted molar refractivity (Wildman–Crippen MR) is 168 cm³/mol. The number of nitrogens with one attached hydrogen (secondary N) is 3. The van der Waals surface area contributed by atoms with Gasteiger partial charge in [-0.05, 0) is 69.5 Å². The zero-order valence-electron chi connectivity index (χ0n) is 23.5. The number of benzene rings is 3. The predicted octanol–water partition coefficient (Wildman–Crippen LogP) is 5.65. The number of para-hydroxylation sites is 2. The number of piperazine rings is 1. The number of amides is 3. The third-order valence-corrected chi connectivity index (χ3v) is 7.63. The van der Waals surface area contributed by atoms with Crippen molar-refractivity contribution in [2.24, 2.45) is 0 Å². The van der Waals surface area contributed by atoms with Crippen molar-refractivity contribution in [3.8, 4) is 5.75 Å². The standard InChI is InChI=1S/C30H36Cl2N6O3/c1-36(2)15-7-14-33-29(39)22-20-21(34-30(40)35-24-9-6-8-23(31)28(24)32)12-13-25(22)37-16-18-38(19-17-37)26-10-4-5-11-27(26)41-3/h4-6,8-13,20H,7,14-19H2,1-3H3,(H,33,39)(H2,34,35,40). The van der Waals surface area contributed by atoms with Gasteiger partial charge in [-0.25, -0.2) is 4.79 Å². The van der Waals surface area contributed by atoms with E-state index in [1.54, 1.807) is 37.4 Å². The van der Waals surface area contributed by atoms with Crippen molar-refractivity contribution in [2.75, 3.05) is 80.9 Å². The lowest BCUT2D eigenvalue weighted by Gasteiger charge is -2.38. The first-order valence-electron chi connectivity index (χ1n) is 13.5. The number of hydrogen-bond acceptors (Lipinski definition) is 6. The molecule has 4 rings (SSSR count). The monoisotopic (exact) mass is 598 g/mol. The summed E-state index contributed by atoms with van der Waals surface area (Å²) < 4.78 is 5.55. The van der Waals surface area contributed by atoms with Crippen LogP contribution in [-0.4, -0.2) is 77.3 Å². The van der Waals surface area contributed by atoms with Crippen LogP contribution in [0, 0.1) is 0 Å². The number of carbonyl (C=O) groups is 2. The topological polar surface area (TPSA) is 89.2 Å². The molecule has 0 unspecified atom stereocenters. The van der Waals surface area contributed by atoms with Crippen molar-refractivity contribution in [2.45, 2.75) is 6.42 Å². The summed E-state index contributed by atoms with van der Waals surface area (Å²) in [5.41, 5.74) is 3.24. The van der Waals surface area contributed by atoms with Gasteiger partial charge >= 0.3 is 6.03 Å².